The van der Waals surface area contributed by atoms with Crippen molar-refractivity contribution < 1.29 is 19.4 Å². The molecule has 1 N–H and O–H groups in total. The van der Waals surface area contributed by atoms with Gasteiger partial charge in [0.2, 0.25) is 0 Å². The van der Waals surface area contributed by atoms with Crippen molar-refractivity contribution in [1.82, 2.24) is 0 Å². The molecule has 0 spiro atoms. The molecule has 1 aliphatic heterocycles. The lowest BCUT2D eigenvalue weighted by Crippen LogP contribution is -2.30. The van der Waals surface area contributed by atoms with E-state index in [4.69, 9.17) is 27.9 Å². The van der Waals surface area contributed by atoms with Crippen LogP contribution in [-0.4, -0.2) is 23.9 Å². The quantitative estimate of drug-likeness (QED) is 0.222. The van der Waals surface area contributed by atoms with Gasteiger partial charge in [0.25, 0.3) is 11.7 Å². The molecule has 1 unspecified atom stereocenters. The predicted molar refractivity (Wildman–Crippen MR) is 144 cm³/mol. The minimum atomic E-state index is -0.847. The summed E-state index contributed by atoms with van der Waals surface area (Å²) < 4.78 is 5.20. The average molecular weight is 524 g/mol. The molecule has 1 saturated heterocycles. The molecular weight excluding hydrogens is 497 g/mol. The number of benzene rings is 3. The molecule has 36 heavy (non-hydrogen) atoms. The Bertz CT molecular complexity index is 1390. The Labute approximate surface area is 220 Å². The van der Waals surface area contributed by atoms with Gasteiger partial charge < -0.3 is 9.84 Å². The Balaban J connectivity index is 1.95. The zero-order valence-corrected chi connectivity index (χ0v) is 22.2. The lowest BCUT2D eigenvalue weighted by Gasteiger charge is -2.28. The van der Waals surface area contributed by atoms with Crippen molar-refractivity contribution in [3.63, 3.8) is 0 Å². The van der Waals surface area contributed by atoms with Gasteiger partial charge in [-0.1, -0.05) is 68.2 Å². The number of methoxy groups -OCH3 is 1. The number of hydrogen-bond donors (Lipinski definition) is 1. The first-order valence-electron chi connectivity index (χ1n) is 11.5. The molecule has 7 heteroatoms. The third-order valence-corrected chi connectivity index (χ3v) is 6.91. The summed E-state index contributed by atoms with van der Waals surface area (Å²) in [5.74, 6) is -1.39. The maximum absolute atomic E-state index is 13.4. The van der Waals surface area contributed by atoms with E-state index in [1.807, 2.05) is 31.2 Å². The fourth-order valence-electron chi connectivity index (χ4n) is 4.42. The molecule has 0 bridgehead atoms. The number of carbonyl (C=O) groups is 2. The summed E-state index contributed by atoms with van der Waals surface area (Å²) in [6.45, 7) is 8.15. The zero-order chi connectivity index (χ0) is 26.4. The van der Waals surface area contributed by atoms with Crippen molar-refractivity contribution in [2.45, 2.75) is 39.2 Å². The van der Waals surface area contributed by atoms with E-state index in [1.165, 1.54) is 18.1 Å². The largest absolute Gasteiger partial charge is 0.507 e. The predicted octanol–water partition coefficient (Wildman–Crippen LogP) is 7.23. The van der Waals surface area contributed by atoms with E-state index in [0.717, 1.165) is 11.1 Å². The van der Waals surface area contributed by atoms with Gasteiger partial charge in [-0.2, -0.15) is 0 Å². The van der Waals surface area contributed by atoms with Gasteiger partial charge in [0, 0.05) is 16.3 Å². The fraction of sp³-hybridized carbons (Fsp3) is 0.241. The van der Waals surface area contributed by atoms with Crippen LogP contribution in [0.2, 0.25) is 10.0 Å². The number of halogens is 2. The minimum Gasteiger partial charge on any atom is -0.507 e. The number of hydrogen-bond acceptors (Lipinski definition) is 4. The summed E-state index contributed by atoms with van der Waals surface area (Å²) in [5.41, 5.74) is 3.28. The molecule has 3 aromatic carbocycles. The lowest BCUT2D eigenvalue weighted by atomic mass is 9.85. The van der Waals surface area contributed by atoms with Crippen molar-refractivity contribution in [1.29, 1.82) is 0 Å². The van der Waals surface area contributed by atoms with Crippen LogP contribution in [0.1, 0.15) is 49.1 Å². The zero-order valence-electron chi connectivity index (χ0n) is 20.7. The number of nitrogens with zero attached hydrogens (tertiary/aromatic N) is 1. The molecule has 186 valence electrons. The van der Waals surface area contributed by atoms with Crippen LogP contribution in [0.15, 0.2) is 66.2 Å². The van der Waals surface area contributed by atoms with E-state index in [2.05, 4.69) is 20.8 Å². The van der Waals surface area contributed by atoms with Crippen molar-refractivity contribution in [3.05, 3.63) is 98.5 Å². The first-order valence-corrected chi connectivity index (χ1v) is 12.2. The fourth-order valence-corrected chi connectivity index (χ4v) is 4.90. The van der Waals surface area contributed by atoms with Gasteiger partial charge in [-0.3, -0.25) is 14.5 Å². The van der Waals surface area contributed by atoms with Gasteiger partial charge in [-0.15, -0.1) is 0 Å². The third kappa shape index (κ3) is 4.61. The number of ether oxygens (including phenoxy) is 1. The second-order valence-electron chi connectivity index (χ2n) is 9.82. The number of Topliss-reactive ketones (excluding diaryl/α,β-unsaturated/α-hetero) is 1. The second-order valence-corrected chi connectivity index (χ2v) is 10.7. The molecule has 1 aliphatic rings. The summed E-state index contributed by atoms with van der Waals surface area (Å²) in [6, 6.07) is 16.7. The molecule has 0 aliphatic carbocycles. The normalized spacial score (nSPS) is 17.5. The summed E-state index contributed by atoms with van der Waals surface area (Å²) >= 11 is 12.4. The topological polar surface area (TPSA) is 66.8 Å². The molecule has 1 heterocycles. The molecule has 1 atom stereocenters. The number of anilines is 1. The molecule has 0 aromatic heterocycles. The number of aryl methyl sites for hydroxylation is 1. The first kappa shape index (κ1) is 25.8. The van der Waals surface area contributed by atoms with Crippen molar-refractivity contribution >= 4 is 46.3 Å². The molecule has 1 fully saturated rings. The van der Waals surface area contributed by atoms with Gasteiger partial charge in [0.05, 0.1) is 23.7 Å². The number of amides is 1. The number of aliphatic hydroxyl groups excluding tert-OH is 1. The highest BCUT2D eigenvalue weighted by atomic mass is 35.5. The van der Waals surface area contributed by atoms with E-state index in [-0.39, 0.29) is 21.8 Å². The Morgan fingerprint density at radius 3 is 2.19 bits per heavy atom. The number of ketones is 1. The van der Waals surface area contributed by atoms with Crippen LogP contribution in [0.3, 0.4) is 0 Å². The van der Waals surface area contributed by atoms with Crippen molar-refractivity contribution in [3.8, 4) is 5.75 Å². The maximum atomic E-state index is 13.4. The van der Waals surface area contributed by atoms with Gasteiger partial charge in [0.15, 0.2) is 0 Å². The van der Waals surface area contributed by atoms with Crippen molar-refractivity contribution in [2.75, 3.05) is 12.0 Å². The molecule has 4 rings (SSSR count). The first-order chi connectivity index (χ1) is 16.9. The monoisotopic (exact) mass is 523 g/mol. The second kappa shape index (κ2) is 9.64. The highest BCUT2D eigenvalue weighted by molar-refractivity contribution is 6.52. The summed E-state index contributed by atoms with van der Waals surface area (Å²) in [4.78, 5) is 28.3. The molecule has 5 nitrogen and oxygen atoms in total. The number of aliphatic hydroxyl groups is 1. The SMILES string of the molecule is COc1ccc(/C(O)=C2\C(=O)C(=O)N(c3ccc(Cl)cc3C)C2c2ccc(C(C)(C)C)cc2)cc1Cl. The lowest BCUT2D eigenvalue weighted by molar-refractivity contribution is -0.132. The van der Waals surface area contributed by atoms with Crippen LogP contribution in [0.25, 0.3) is 5.76 Å². The summed E-state index contributed by atoms with van der Waals surface area (Å²) in [6.07, 6.45) is 0. The Kier molecular flexibility index (Phi) is 6.91. The number of rotatable bonds is 4. The van der Waals surface area contributed by atoms with Crippen LogP contribution in [-0.2, 0) is 15.0 Å². The van der Waals surface area contributed by atoms with Gasteiger partial charge in [-0.05, 0) is 65.4 Å². The van der Waals surface area contributed by atoms with E-state index in [0.29, 0.717) is 27.6 Å². The average Bonchev–Trinajstić information content (AvgIpc) is 3.08. The number of carbonyl (C=O) groups excluding carboxylic acids is 2. The van der Waals surface area contributed by atoms with Crippen LogP contribution in [0.4, 0.5) is 5.69 Å². The van der Waals surface area contributed by atoms with Crippen LogP contribution >= 0.6 is 23.2 Å². The van der Waals surface area contributed by atoms with E-state index in [1.54, 1.807) is 30.3 Å². The van der Waals surface area contributed by atoms with Crippen LogP contribution in [0.5, 0.6) is 5.75 Å². The molecule has 3 aromatic rings. The molecule has 1 amide bonds. The standard InChI is InChI=1S/C29H27Cl2NO4/c1-16-14-20(30)11-12-22(16)32-25(17-6-9-19(10-7-17)29(2,3)4)24(27(34)28(32)35)26(33)18-8-13-23(36-5)21(31)15-18/h6-15,25,33H,1-5H3/b26-24+. The van der Waals surface area contributed by atoms with E-state index >= 15 is 0 Å². The van der Waals surface area contributed by atoms with E-state index in [9.17, 15) is 14.7 Å². The molecular formula is C29H27Cl2NO4. The summed E-state index contributed by atoms with van der Waals surface area (Å²) in [5, 5.41) is 12.1. The molecule has 0 radical (unpaired) electrons. The van der Waals surface area contributed by atoms with Gasteiger partial charge in [-0.25, -0.2) is 0 Å². The van der Waals surface area contributed by atoms with Gasteiger partial charge >= 0.3 is 0 Å². The highest BCUT2D eigenvalue weighted by Crippen LogP contribution is 2.44. The Morgan fingerprint density at radius 1 is 0.972 bits per heavy atom. The summed E-state index contributed by atoms with van der Waals surface area (Å²) in [7, 11) is 1.49. The van der Waals surface area contributed by atoms with Crippen LogP contribution < -0.4 is 9.64 Å². The van der Waals surface area contributed by atoms with Crippen molar-refractivity contribution in [2.24, 2.45) is 0 Å². The third-order valence-electron chi connectivity index (χ3n) is 6.38. The smallest absolute Gasteiger partial charge is 0.300 e. The Morgan fingerprint density at radius 2 is 1.64 bits per heavy atom. The Hall–Kier alpha value is -3.28. The molecule has 0 saturated carbocycles. The minimum absolute atomic E-state index is 0.0147. The van der Waals surface area contributed by atoms with E-state index < -0.39 is 17.7 Å². The highest BCUT2D eigenvalue weighted by Gasteiger charge is 2.47. The maximum Gasteiger partial charge on any atom is 0.300 e. The van der Waals surface area contributed by atoms with Crippen LogP contribution in [0, 0.1) is 6.92 Å². The van der Waals surface area contributed by atoms with Gasteiger partial charge in [0.1, 0.15) is 11.5 Å².